The molecule has 1 fully saturated rings. The van der Waals surface area contributed by atoms with E-state index in [4.69, 9.17) is 4.74 Å². The monoisotopic (exact) mass is 255 g/mol. The number of nitrogens with one attached hydrogen (secondary N) is 1. The summed E-state index contributed by atoms with van der Waals surface area (Å²) in [7, 11) is 1.84. The summed E-state index contributed by atoms with van der Waals surface area (Å²) < 4.78 is 5.63. The van der Waals surface area contributed by atoms with Gasteiger partial charge in [-0.1, -0.05) is 32.6 Å². The molecule has 1 unspecified atom stereocenters. The van der Waals surface area contributed by atoms with Crippen LogP contribution in [0, 0.1) is 5.92 Å². The van der Waals surface area contributed by atoms with Crippen molar-refractivity contribution in [1.82, 2.24) is 5.32 Å². The molecule has 1 atom stereocenters. The third kappa shape index (κ3) is 5.71. The summed E-state index contributed by atoms with van der Waals surface area (Å²) in [6, 6.07) is 0.637. The molecule has 0 heterocycles. The molecule has 18 heavy (non-hydrogen) atoms. The lowest BCUT2D eigenvalue weighted by Gasteiger charge is -2.34. The highest BCUT2D eigenvalue weighted by Gasteiger charge is 2.28. The quantitative estimate of drug-likeness (QED) is 0.690. The second kappa shape index (κ2) is 8.16. The molecule has 2 heteroatoms. The van der Waals surface area contributed by atoms with E-state index >= 15 is 0 Å². The molecule has 1 N–H and O–H groups in total. The molecule has 0 aromatic rings. The van der Waals surface area contributed by atoms with Gasteiger partial charge in [0.2, 0.25) is 0 Å². The van der Waals surface area contributed by atoms with Gasteiger partial charge in [-0.15, -0.1) is 0 Å². The molecular weight excluding hydrogens is 222 g/mol. The molecule has 1 saturated carbocycles. The van der Waals surface area contributed by atoms with Crippen LogP contribution < -0.4 is 5.32 Å². The molecule has 0 aromatic heterocycles. The van der Waals surface area contributed by atoms with Crippen LogP contribution in [0.15, 0.2) is 0 Å². The first-order valence-electron chi connectivity index (χ1n) is 7.87. The lowest BCUT2D eigenvalue weighted by molar-refractivity contribution is 0.000624. The number of rotatable bonds is 7. The molecule has 0 aromatic carbocycles. The largest absolute Gasteiger partial charge is 0.379 e. The number of hydrogen-bond donors (Lipinski definition) is 1. The van der Waals surface area contributed by atoms with Crippen LogP contribution in [0.3, 0.4) is 0 Å². The Morgan fingerprint density at radius 3 is 2.28 bits per heavy atom. The zero-order valence-corrected chi connectivity index (χ0v) is 12.9. The van der Waals surface area contributed by atoms with Crippen molar-refractivity contribution in [2.75, 3.05) is 13.7 Å². The number of methoxy groups -OCH3 is 1. The zero-order valence-electron chi connectivity index (χ0n) is 12.9. The lowest BCUT2D eigenvalue weighted by Crippen LogP contribution is -2.42. The van der Waals surface area contributed by atoms with Gasteiger partial charge >= 0.3 is 0 Å². The summed E-state index contributed by atoms with van der Waals surface area (Å²) in [5.74, 6) is 0.855. The van der Waals surface area contributed by atoms with Crippen molar-refractivity contribution < 1.29 is 4.74 Å². The van der Waals surface area contributed by atoms with Crippen LogP contribution in [0.2, 0.25) is 0 Å². The molecule has 108 valence electrons. The van der Waals surface area contributed by atoms with Crippen molar-refractivity contribution in [2.24, 2.45) is 5.92 Å². The van der Waals surface area contributed by atoms with Crippen LogP contribution in [0.25, 0.3) is 0 Å². The van der Waals surface area contributed by atoms with Crippen LogP contribution in [0.4, 0.5) is 0 Å². The van der Waals surface area contributed by atoms with Gasteiger partial charge in [0, 0.05) is 13.2 Å². The predicted molar refractivity (Wildman–Crippen MR) is 79.0 cm³/mol. The molecule has 0 spiro atoms. The molecule has 0 amide bonds. The Bertz CT molecular complexity index is 207. The first-order valence-corrected chi connectivity index (χ1v) is 7.87. The van der Waals surface area contributed by atoms with Gasteiger partial charge in [0.15, 0.2) is 0 Å². The van der Waals surface area contributed by atoms with E-state index in [2.05, 4.69) is 26.1 Å². The Kier molecular flexibility index (Phi) is 7.25. The molecule has 1 aliphatic carbocycles. The average molecular weight is 255 g/mol. The summed E-state index contributed by atoms with van der Waals surface area (Å²) >= 11 is 0. The van der Waals surface area contributed by atoms with E-state index in [-0.39, 0.29) is 5.60 Å². The Morgan fingerprint density at radius 2 is 1.78 bits per heavy atom. The maximum absolute atomic E-state index is 5.63. The second-order valence-electron chi connectivity index (χ2n) is 6.48. The third-order valence-electron chi connectivity index (χ3n) is 4.39. The van der Waals surface area contributed by atoms with Crippen LogP contribution in [-0.2, 0) is 4.74 Å². The number of hydrogen-bond acceptors (Lipinski definition) is 2. The third-order valence-corrected chi connectivity index (χ3v) is 4.39. The Morgan fingerprint density at radius 1 is 1.17 bits per heavy atom. The van der Waals surface area contributed by atoms with Gasteiger partial charge in [0.25, 0.3) is 0 Å². The van der Waals surface area contributed by atoms with Crippen LogP contribution >= 0.6 is 0 Å². The van der Waals surface area contributed by atoms with E-state index in [0.717, 1.165) is 18.9 Å². The first-order chi connectivity index (χ1) is 8.59. The summed E-state index contributed by atoms with van der Waals surface area (Å²) in [6.07, 6.45) is 10.9. The molecule has 2 nitrogen and oxygen atoms in total. The molecule has 0 bridgehead atoms. The maximum Gasteiger partial charge on any atom is 0.0637 e. The summed E-state index contributed by atoms with van der Waals surface area (Å²) in [5, 5.41) is 3.78. The van der Waals surface area contributed by atoms with Crippen LogP contribution in [-0.4, -0.2) is 25.3 Å². The van der Waals surface area contributed by atoms with E-state index in [1.54, 1.807) is 0 Å². The van der Waals surface area contributed by atoms with E-state index < -0.39 is 0 Å². The normalized spacial score (nSPS) is 20.7. The van der Waals surface area contributed by atoms with E-state index in [1.165, 1.54) is 44.9 Å². The van der Waals surface area contributed by atoms with Crippen molar-refractivity contribution >= 4 is 0 Å². The molecule has 0 saturated heterocycles. The molecule has 1 rings (SSSR count). The van der Waals surface area contributed by atoms with Crippen molar-refractivity contribution in [1.29, 1.82) is 0 Å². The Balaban J connectivity index is 2.57. The van der Waals surface area contributed by atoms with Gasteiger partial charge < -0.3 is 10.1 Å². The predicted octanol–water partition coefficient (Wildman–Crippen LogP) is 4.14. The van der Waals surface area contributed by atoms with Crippen molar-refractivity contribution in [3.8, 4) is 0 Å². The van der Waals surface area contributed by atoms with Gasteiger partial charge in [0.1, 0.15) is 0 Å². The van der Waals surface area contributed by atoms with Crippen molar-refractivity contribution in [3.63, 3.8) is 0 Å². The summed E-state index contributed by atoms with van der Waals surface area (Å²) in [6.45, 7) is 7.81. The van der Waals surface area contributed by atoms with Gasteiger partial charge in [-0.3, -0.25) is 0 Å². The minimum Gasteiger partial charge on any atom is -0.379 e. The summed E-state index contributed by atoms with van der Waals surface area (Å²) in [5.41, 5.74) is -0.00227. The fraction of sp³-hybridized carbons (Fsp3) is 1.00. The maximum atomic E-state index is 5.63. The molecule has 0 radical (unpaired) electrons. The Labute approximate surface area is 114 Å². The average Bonchev–Trinajstić information content (AvgIpc) is 2.63. The first kappa shape index (κ1) is 16.0. The topological polar surface area (TPSA) is 21.3 Å². The smallest absolute Gasteiger partial charge is 0.0637 e. The zero-order chi connectivity index (χ0) is 13.4. The van der Waals surface area contributed by atoms with E-state index in [0.29, 0.717) is 6.04 Å². The second-order valence-corrected chi connectivity index (χ2v) is 6.48. The standard InChI is InChI=1S/C16H33NO/c1-5-12-17-15(13-16(2,3)18-4)14-10-8-6-7-9-11-14/h14-15,17H,5-13H2,1-4H3. The molecule has 1 aliphatic rings. The highest BCUT2D eigenvalue weighted by Crippen LogP contribution is 2.30. The minimum absolute atomic E-state index is 0.00227. The Hall–Kier alpha value is -0.0800. The van der Waals surface area contributed by atoms with Crippen LogP contribution in [0.5, 0.6) is 0 Å². The number of ether oxygens (including phenoxy) is 1. The molecule has 0 aliphatic heterocycles. The van der Waals surface area contributed by atoms with E-state index in [1.807, 2.05) is 7.11 Å². The van der Waals surface area contributed by atoms with E-state index in [9.17, 15) is 0 Å². The highest BCUT2D eigenvalue weighted by atomic mass is 16.5. The van der Waals surface area contributed by atoms with Crippen LogP contribution in [0.1, 0.15) is 72.1 Å². The fourth-order valence-electron chi connectivity index (χ4n) is 3.06. The van der Waals surface area contributed by atoms with Crippen molar-refractivity contribution in [3.05, 3.63) is 0 Å². The molecular formula is C16H33NO. The highest BCUT2D eigenvalue weighted by molar-refractivity contribution is 4.84. The SMILES string of the molecule is CCCNC(CC(C)(C)OC)C1CCCCCC1. The fourth-order valence-corrected chi connectivity index (χ4v) is 3.06. The van der Waals surface area contributed by atoms with Gasteiger partial charge in [0.05, 0.1) is 5.60 Å². The lowest BCUT2D eigenvalue weighted by atomic mass is 9.85. The van der Waals surface area contributed by atoms with Gasteiger partial charge in [-0.2, -0.15) is 0 Å². The van der Waals surface area contributed by atoms with Crippen molar-refractivity contribution in [2.45, 2.75) is 83.8 Å². The van der Waals surface area contributed by atoms with Gasteiger partial charge in [-0.25, -0.2) is 0 Å². The summed E-state index contributed by atoms with van der Waals surface area (Å²) in [4.78, 5) is 0. The van der Waals surface area contributed by atoms with Gasteiger partial charge in [-0.05, 0) is 52.0 Å². The minimum atomic E-state index is -0.00227.